The fourth-order valence-corrected chi connectivity index (χ4v) is 3.10. The van der Waals surface area contributed by atoms with E-state index in [0.717, 1.165) is 18.5 Å². The number of nitrogens with zero attached hydrogens (tertiary/aromatic N) is 1. The smallest absolute Gasteiger partial charge is 0.210 e. The second kappa shape index (κ2) is 4.52. The molecular weight excluding hydrogens is 226 g/mol. The van der Waals surface area contributed by atoms with Gasteiger partial charge < -0.3 is 15.5 Å². The zero-order valence-electron chi connectivity index (χ0n) is 10.7. The van der Waals surface area contributed by atoms with Crippen LogP contribution in [0.5, 0.6) is 0 Å². The number of benzene rings is 1. The van der Waals surface area contributed by atoms with Crippen molar-refractivity contribution >= 4 is 17.8 Å². The Morgan fingerprint density at radius 1 is 1.33 bits per heavy atom. The molecule has 1 aliphatic carbocycles. The second-order valence-corrected chi connectivity index (χ2v) is 5.10. The lowest BCUT2D eigenvalue weighted by molar-refractivity contribution is -0.109. The molecule has 3 rings (SSSR count). The van der Waals surface area contributed by atoms with Crippen LogP contribution >= 0.6 is 0 Å². The summed E-state index contributed by atoms with van der Waals surface area (Å²) in [4.78, 5) is 12.8. The van der Waals surface area contributed by atoms with Gasteiger partial charge in [-0.25, -0.2) is 0 Å². The molecule has 1 aromatic carbocycles. The van der Waals surface area contributed by atoms with Gasteiger partial charge >= 0.3 is 0 Å². The Kier molecular flexibility index (Phi) is 2.86. The number of aryl methyl sites for hydroxylation is 1. The fraction of sp³-hybridized carbons (Fsp3) is 0.500. The SMILES string of the molecule is CN1c2c(ccc3c2CCCCC3)NC1NC=O. The summed E-state index contributed by atoms with van der Waals surface area (Å²) in [5, 5.41) is 6.14. The van der Waals surface area contributed by atoms with Gasteiger partial charge in [0.25, 0.3) is 0 Å². The highest BCUT2D eigenvalue weighted by molar-refractivity contribution is 5.80. The minimum Gasteiger partial charge on any atom is -0.347 e. The minimum absolute atomic E-state index is 0.118. The van der Waals surface area contributed by atoms with Crippen molar-refractivity contribution in [3.63, 3.8) is 0 Å². The van der Waals surface area contributed by atoms with E-state index in [-0.39, 0.29) is 6.29 Å². The quantitative estimate of drug-likeness (QED) is 0.617. The number of anilines is 2. The van der Waals surface area contributed by atoms with E-state index in [9.17, 15) is 4.79 Å². The Hall–Kier alpha value is -1.71. The van der Waals surface area contributed by atoms with E-state index >= 15 is 0 Å². The highest BCUT2D eigenvalue weighted by Crippen LogP contribution is 2.40. The largest absolute Gasteiger partial charge is 0.347 e. The van der Waals surface area contributed by atoms with Gasteiger partial charge in [0.05, 0.1) is 11.4 Å². The lowest BCUT2D eigenvalue weighted by Gasteiger charge is -2.23. The minimum atomic E-state index is -0.118. The third-order valence-electron chi connectivity index (χ3n) is 4.01. The van der Waals surface area contributed by atoms with Crippen molar-refractivity contribution in [2.45, 2.75) is 38.4 Å². The molecule has 4 heteroatoms. The van der Waals surface area contributed by atoms with Crippen LogP contribution in [0.4, 0.5) is 11.4 Å². The molecule has 2 aliphatic rings. The van der Waals surface area contributed by atoms with Crippen LogP contribution in [0.3, 0.4) is 0 Å². The van der Waals surface area contributed by atoms with Crippen LogP contribution in [-0.2, 0) is 17.6 Å². The van der Waals surface area contributed by atoms with Crippen LogP contribution in [-0.4, -0.2) is 19.7 Å². The molecule has 4 nitrogen and oxygen atoms in total. The molecule has 0 saturated carbocycles. The predicted molar refractivity (Wildman–Crippen MR) is 72.7 cm³/mol. The summed E-state index contributed by atoms with van der Waals surface area (Å²) < 4.78 is 0. The van der Waals surface area contributed by atoms with Gasteiger partial charge in [-0.3, -0.25) is 4.79 Å². The third-order valence-corrected chi connectivity index (χ3v) is 4.01. The number of rotatable bonds is 2. The summed E-state index contributed by atoms with van der Waals surface area (Å²) in [5.41, 5.74) is 5.35. The lowest BCUT2D eigenvalue weighted by Crippen LogP contribution is -2.44. The van der Waals surface area contributed by atoms with Gasteiger partial charge in [0, 0.05) is 7.05 Å². The van der Waals surface area contributed by atoms with E-state index in [1.807, 2.05) is 7.05 Å². The molecule has 0 saturated heterocycles. The monoisotopic (exact) mass is 245 g/mol. The van der Waals surface area contributed by atoms with Crippen molar-refractivity contribution in [1.29, 1.82) is 0 Å². The standard InChI is InChI=1S/C14H19N3O/c1-17-13-11-6-4-2-3-5-10(11)7-8-12(13)16-14(17)15-9-18/h7-9,14,16H,2-6H2,1H3,(H,15,18). The fourth-order valence-electron chi connectivity index (χ4n) is 3.10. The van der Waals surface area contributed by atoms with Gasteiger partial charge in [0.15, 0.2) is 6.29 Å². The van der Waals surface area contributed by atoms with E-state index < -0.39 is 0 Å². The van der Waals surface area contributed by atoms with E-state index in [4.69, 9.17) is 0 Å². The average molecular weight is 245 g/mol. The summed E-state index contributed by atoms with van der Waals surface area (Å²) in [5.74, 6) is 0. The normalized spacial score (nSPS) is 21.6. The van der Waals surface area contributed by atoms with Gasteiger partial charge in [-0.1, -0.05) is 12.5 Å². The van der Waals surface area contributed by atoms with Crippen LogP contribution in [0.15, 0.2) is 12.1 Å². The summed E-state index contributed by atoms with van der Waals surface area (Å²) in [6.45, 7) is 0. The van der Waals surface area contributed by atoms with Crippen LogP contribution in [0.25, 0.3) is 0 Å². The van der Waals surface area contributed by atoms with Gasteiger partial charge in [-0.2, -0.15) is 0 Å². The average Bonchev–Trinajstić information content (AvgIpc) is 2.57. The van der Waals surface area contributed by atoms with E-state index in [0.29, 0.717) is 0 Å². The molecule has 1 unspecified atom stereocenters. The molecule has 0 spiro atoms. The number of nitrogens with one attached hydrogen (secondary N) is 2. The number of fused-ring (bicyclic) bond motifs is 3. The Morgan fingerprint density at radius 2 is 2.17 bits per heavy atom. The molecule has 1 amide bonds. The first-order chi connectivity index (χ1) is 8.81. The van der Waals surface area contributed by atoms with Gasteiger partial charge in [-0.05, 0) is 42.9 Å². The molecule has 1 aromatic rings. The second-order valence-electron chi connectivity index (χ2n) is 5.10. The van der Waals surface area contributed by atoms with Crippen LogP contribution in [0.1, 0.15) is 30.4 Å². The Labute approximate surface area is 107 Å². The van der Waals surface area contributed by atoms with Crippen LogP contribution < -0.4 is 15.5 Å². The Bertz CT molecular complexity index is 472. The molecule has 0 bridgehead atoms. The van der Waals surface area contributed by atoms with Crippen molar-refractivity contribution < 1.29 is 4.79 Å². The highest BCUT2D eigenvalue weighted by atomic mass is 16.1. The highest BCUT2D eigenvalue weighted by Gasteiger charge is 2.29. The molecule has 96 valence electrons. The van der Waals surface area contributed by atoms with Crippen LogP contribution in [0.2, 0.25) is 0 Å². The predicted octanol–water partition coefficient (Wildman–Crippen LogP) is 1.85. The van der Waals surface area contributed by atoms with Crippen LogP contribution in [0, 0.1) is 0 Å². The molecular formula is C14H19N3O. The van der Waals surface area contributed by atoms with Crippen molar-refractivity contribution in [3.8, 4) is 0 Å². The maximum absolute atomic E-state index is 10.6. The van der Waals surface area contributed by atoms with Crippen molar-refractivity contribution in [2.24, 2.45) is 0 Å². The molecule has 0 aromatic heterocycles. The zero-order chi connectivity index (χ0) is 12.5. The van der Waals surface area contributed by atoms with Crippen molar-refractivity contribution in [2.75, 3.05) is 17.3 Å². The lowest BCUT2D eigenvalue weighted by atomic mass is 9.99. The molecule has 18 heavy (non-hydrogen) atoms. The van der Waals surface area contributed by atoms with Crippen molar-refractivity contribution in [3.05, 3.63) is 23.3 Å². The first kappa shape index (κ1) is 11.4. The van der Waals surface area contributed by atoms with Gasteiger partial charge in [0.1, 0.15) is 0 Å². The number of carbonyl (C=O) groups is 1. The number of carbonyl (C=O) groups excluding carboxylic acids is 1. The van der Waals surface area contributed by atoms with Crippen molar-refractivity contribution in [1.82, 2.24) is 5.32 Å². The van der Waals surface area contributed by atoms with Gasteiger partial charge in [-0.15, -0.1) is 0 Å². The molecule has 1 heterocycles. The molecule has 0 fully saturated rings. The molecule has 1 aliphatic heterocycles. The van der Waals surface area contributed by atoms with E-state index in [2.05, 4.69) is 27.7 Å². The first-order valence-electron chi connectivity index (χ1n) is 6.65. The summed E-state index contributed by atoms with van der Waals surface area (Å²) in [6, 6.07) is 4.38. The molecule has 1 atom stereocenters. The third kappa shape index (κ3) is 1.72. The van der Waals surface area contributed by atoms with Gasteiger partial charge in [0.2, 0.25) is 6.41 Å². The van der Waals surface area contributed by atoms with E-state index in [1.165, 1.54) is 42.5 Å². The summed E-state index contributed by atoms with van der Waals surface area (Å²) in [7, 11) is 2.03. The Balaban J connectivity index is 2.01. The Morgan fingerprint density at radius 3 is 3.00 bits per heavy atom. The molecule has 2 N–H and O–H groups in total. The number of hydrogen-bond acceptors (Lipinski definition) is 3. The zero-order valence-corrected chi connectivity index (χ0v) is 10.7. The maximum Gasteiger partial charge on any atom is 0.210 e. The first-order valence-corrected chi connectivity index (χ1v) is 6.65. The number of hydrogen-bond donors (Lipinski definition) is 2. The summed E-state index contributed by atoms with van der Waals surface area (Å²) in [6.07, 6.45) is 6.84. The summed E-state index contributed by atoms with van der Waals surface area (Å²) >= 11 is 0. The number of amides is 1. The van der Waals surface area contributed by atoms with E-state index in [1.54, 1.807) is 0 Å². The maximum atomic E-state index is 10.6. The molecule has 0 radical (unpaired) electrons. The topological polar surface area (TPSA) is 44.4 Å².